The molecular formula is C11H22N4O2S2. The summed E-state index contributed by atoms with van der Waals surface area (Å²) >= 11 is 1.51. The van der Waals surface area contributed by atoms with Gasteiger partial charge in [0.15, 0.2) is 0 Å². The minimum absolute atomic E-state index is 0.240. The fraction of sp³-hybridized carbons (Fsp3) is 0.727. The van der Waals surface area contributed by atoms with Crippen LogP contribution in [0.2, 0.25) is 0 Å². The average molecular weight is 306 g/mol. The number of nitrogens with one attached hydrogen (secondary N) is 2. The minimum Gasteiger partial charge on any atom is -0.317 e. The number of hydrogen-bond acceptors (Lipinski definition) is 5. The standard InChI is InChI=1S/C11H22N4O2S2/c1-4-12-6-5-7-15(3)19(16,17)13-8-11-9-18-10(2)14-11/h9,12-13H,4-8H2,1-3H3. The molecule has 19 heavy (non-hydrogen) atoms. The van der Waals surface area contributed by atoms with E-state index in [2.05, 4.69) is 15.0 Å². The van der Waals surface area contributed by atoms with Gasteiger partial charge >= 0.3 is 0 Å². The average Bonchev–Trinajstić information content (AvgIpc) is 2.78. The van der Waals surface area contributed by atoms with E-state index in [1.807, 2.05) is 19.2 Å². The molecule has 0 saturated carbocycles. The van der Waals surface area contributed by atoms with Crippen LogP contribution in [0.25, 0.3) is 0 Å². The molecule has 0 unspecified atom stereocenters. The Labute approximate surface area is 119 Å². The maximum atomic E-state index is 11.9. The highest BCUT2D eigenvalue weighted by atomic mass is 32.2. The van der Waals surface area contributed by atoms with Gasteiger partial charge in [0.1, 0.15) is 0 Å². The van der Waals surface area contributed by atoms with Gasteiger partial charge in [-0.3, -0.25) is 0 Å². The van der Waals surface area contributed by atoms with Crippen molar-refractivity contribution in [3.8, 4) is 0 Å². The number of aromatic nitrogens is 1. The van der Waals surface area contributed by atoms with Crippen molar-refractivity contribution >= 4 is 21.5 Å². The van der Waals surface area contributed by atoms with Crippen molar-refractivity contribution in [3.05, 3.63) is 16.1 Å². The maximum absolute atomic E-state index is 11.9. The summed E-state index contributed by atoms with van der Waals surface area (Å²) < 4.78 is 27.8. The van der Waals surface area contributed by atoms with Crippen molar-refractivity contribution in [2.75, 3.05) is 26.7 Å². The zero-order chi connectivity index (χ0) is 14.3. The molecule has 0 radical (unpaired) electrons. The van der Waals surface area contributed by atoms with Crippen LogP contribution in [-0.2, 0) is 16.8 Å². The van der Waals surface area contributed by atoms with Gasteiger partial charge in [-0.15, -0.1) is 11.3 Å². The predicted octanol–water partition coefficient (Wildman–Crippen LogP) is 0.717. The van der Waals surface area contributed by atoms with E-state index in [9.17, 15) is 8.42 Å². The summed E-state index contributed by atoms with van der Waals surface area (Å²) in [5, 5.41) is 5.97. The molecule has 0 aliphatic rings. The van der Waals surface area contributed by atoms with Crippen LogP contribution in [-0.4, -0.2) is 44.4 Å². The molecule has 6 nitrogen and oxygen atoms in total. The molecule has 0 aliphatic carbocycles. The van der Waals surface area contributed by atoms with Crippen LogP contribution in [0.3, 0.4) is 0 Å². The molecule has 1 rings (SSSR count). The van der Waals surface area contributed by atoms with E-state index in [0.717, 1.165) is 30.2 Å². The quantitative estimate of drug-likeness (QED) is 0.659. The third kappa shape index (κ3) is 5.96. The van der Waals surface area contributed by atoms with E-state index in [-0.39, 0.29) is 6.54 Å². The van der Waals surface area contributed by atoms with Crippen molar-refractivity contribution in [2.24, 2.45) is 0 Å². The zero-order valence-electron chi connectivity index (χ0n) is 11.6. The summed E-state index contributed by atoms with van der Waals surface area (Å²) in [4.78, 5) is 4.22. The number of thiazole rings is 1. The van der Waals surface area contributed by atoms with Gasteiger partial charge in [-0.05, 0) is 26.4 Å². The largest absolute Gasteiger partial charge is 0.317 e. The Morgan fingerprint density at radius 3 is 2.79 bits per heavy atom. The first-order valence-corrected chi connectivity index (χ1v) is 8.60. The molecule has 0 aliphatic heterocycles. The Morgan fingerprint density at radius 1 is 1.47 bits per heavy atom. The fourth-order valence-electron chi connectivity index (χ4n) is 1.49. The number of rotatable bonds is 9. The van der Waals surface area contributed by atoms with E-state index in [0.29, 0.717) is 6.54 Å². The van der Waals surface area contributed by atoms with E-state index in [1.165, 1.54) is 15.6 Å². The molecule has 0 atom stereocenters. The van der Waals surface area contributed by atoms with Gasteiger partial charge < -0.3 is 5.32 Å². The first-order valence-electron chi connectivity index (χ1n) is 6.28. The van der Waals surface area contributed by atoms with Crippen LogP contribution < -0.4 is 10.0 Å². The van der Waals surface area contributed by atoms with Crippen LogP contribution in [0.5, 0.6) is 0 Å². The SMILES string of the molecule is CCNCCCN(C)S(=O)(=O)NCc1csc(C)n1. The smallest absolute Gasteiger partial charge is 0.279 e. The number of hydrogen-bond donors (Lipinski definition) is 2. The topological polar surface area (TPSA) is 74.3 Å². The van der Waals surface area contributed by atoms with Crippen molar-refractivity contribution < 1.29 is 8.42 Å². The Morgan fingerprint density at radius 2 is 2.21 bits per heavy atom. The van der Waals surface area contributed by atoms with Crippen LogP contribution in [0.4, 0.5) is 0 Å². The highest BCUT2D eigenvalue weighted by Gasteiger charge is 2.16. The highest BCUT2D eigenvalue weighted by Crippen LogP contribution is 2.08. The molecular weight excluding hydrogens is 284 g/mol. The van der Waals surface area contributed by atoms with E-state index in [4.69, 9.17) is 0 Å². The maximum Gasteiger partial charge on any atom is 0.279 e. The molecule has 0 aromatic carbocycles. The lowest BCUT2D eigenvalue weighted by atomic mass is 10.4. The van der Waals surface area contributed by atoms with Crippen molar-refractivity contribution in [3.63, 3.8) is 0 Å². The van der Waals surface area contributed by atoms with Crippen LogP contribution in [0.1, 0.15) is 24.0 Å². The molecule has 2 N–H and O–H groups in total. The monoisotopic (exact) mass is 306 g/mol. The van der Waals surface area contributed by atoms with Gasteiger partial charge in [-0.2, -0.15) is 17.4 Å². The van der Waals surface area contributed by atoms with Crippen LogP contribution >= 0.6 is 11.3 Å². The second-order valence-electron chi connectivity index (χ2n) is 4.21. The lowest BCUT2D eigenvalue weighted by molar-refractivity contribution is 0.445. The molecule has 0 fully saturated rings. The highest BCUT2D eigenvalue weighted by molar-refractivity contribution is 7.87. The third-order valence-electron chi connectivity index (χ3n) is 2.59. The summed E-state index contributed by atoms with van der Waals surface area (Å²) in [5.74, 6) is 0. The predicted molar refractivity (Wildman–Crippen MR) is 78.4 cm³/mol. The van der Waals surface area contributed by atoms with Crippen molar-refractivity contribution in [2.45, 2.75) is 26.8 Å². The minimum atomic E-state index is -3.42. The first kappa shape index (κ1) is 16.5. The normalized spacial score (nSPS) is 12.2. The zero-order valence-corrected chi connectivity index (χ0v) is 13.3. The van der Waals surface area contributed by atoms with Crippen LogP contribution in [0.15, 0.2) is 5.38 Å². The Kier molecular flexibility index (Phi) is 6.87. The Balaban J connectivity index is 2.37. The van der Waals surface area contributed by atoms with Gasteiger partial charge in [0.05, 0.1) is 17.2 Å². The van der Waals surface area contributed by atoms with Gasteiger partial charge in [0.25, 0.3) is 10.2 Å². The molecule has 110 valence electrons. The molecule has 1 heterocycles. The summed E-state index contributed by atoms with van der Waals surface area (Å²) in [5.41, 5.74) is 0.757. The molecule has 0 amide bonds. The van der Waals surface area contributed by atoms with E-state index in [1.54, 1.807) is 7.05 Å². The van der Waals surface area contributed by atoms with Crippen molar-refractivity contribution in [1.82, 2.24) is 19.3 Å². The second-order valence-corrected chi connectivity index (χ2v) is 7.14. The first-order chi connectivity index (χ1) is 8.95. The molecule has 8 heteroatoms. The second kappa shape index (κ2) is 7.91. The molecule has 1 aromatic heterocycles. The lowest BCUT2D eigenvalue weighted by Crippen LogP contribution is -2.39. The van der Waals surface area contributed by atoms with Gasteiger partial charge in [0, 0.05) is 19.0 Å². The van der Waals surface area contributed by atoms with Crippen LogP contribution in [0, 0.1) is 6.92 Å². The molecule has 0 saturated heterocycles. The molecule has 0 spiro atoms. The summed E-state index contributed by atoms with van der Waals surface area (Å²) in [7, 11) is -1.83. The lowest BCUT2D eigenvalue weighted by Gasteiger charge is -2.17. The summed E-state index contributed by atoms with van der Waals surface area (Å²) in [6.07, 6.45) is 0.793. The van der Waals surface area contributed by atoms with Crippen molar-refractivity contribution in [1.29, 1.82) is 0 Å². The number of aryl methyl sites for hydroxylation is 1. The fourth-order valence-corrected chi connectivity index (χ4v) is 3.02. The Hall–Kier alpha value is -0.540. The molecule has 0 bridgehead atoms. The summed E-state index contributed by atoms with van der Waals surface area (Å²) in [6, 6.07) is 0. The number of nitrogens with zero attached hydrogens (tertiary/aromatic N) is 2. The van der Waals surface area contributed by atoms with E-state index < -0.39 is 10.2 Å². The Bertz CT molecular complexity index is 473. The van der Waals surface area contributed by atoms with E-state index >= 15 is 0 Å². The van der Waals surface area contributed by atoms with Gasteiger partial charge in [-0.1, -0.05) is 6.92 Å². The summed E-state index contributed by atoms with van der Waals surface area (Å²) in [6.45, 7) is 6.38. The molecule has 1 aromatic rings. The van der Waals surface area contributed by atoms with Gasteiger partial charge in [0.2, 0.25) is 0 Å². The third-order valence-corrected chi connectivity index (χ3v) is 4.92. The van der Waals surface area contributed by atoms with Gasteiger partial charge in [-0.25, -0.2) is 4.98 Å².